The average molecular weight is 746 g/mol. The molecular formula is C42H46F3N3O6. The zero-order valence-corrected chi connectivity index (χ0v) is 30.3. The highest BCUT2D eigenvalue weighted by Crippen LogP contribution is 2.39. The molecule has 2 fully saturated rings. The van der Waals surface area contributed by atoms with Crippen molar-refractivity contribution in [2.24, 2.45) is 0 Å². The fourth-order valence-corrected chi connectivity index (χ4v) is 7.14. The van der Waals surface area contributed by atoms with Gasteiger partial charge in [0.1, 0.15) is 6.04 Å². The predicted molar refractivity (Wildman–Crippen MR) is 196 cm³/mol. The molecule has 12 heteroatoms. The number of likely N-dealkylation sites (N-methyl/N-ethyl adjacent to an activating group) is 1. The van der Waals surface area contributed by atoms with Crippen molar-refractivity contribution in [1.29, 1.82) is 0 Å². The van der Waals surface area contributed by atoms with Crippen LogP contribution in [-0.2, 0) is 32.2 Å². The van der Waals surface area contributed by atoms with Crippen molar-refractivity contribution in [3.8, 4) is 11.1 Å². The van der Waals surface area contributed by atoms with E-state index in [1.54, 1.807) is 0 Å². The summed E-state index contributed by atoms with van der Waals surface area (Å²) in [7, 11) is 1.97. The molecule has 2 aliphatic heterocycles. The number of hydrogen-bond donors (Lipinski definition) is 3. The molecule has 4 aromatic rings. The summed E-state index contributed by atoms with van der Waals surface area (Å²) < 4.78 is 52.2. The van der Waals surface area contributed by atoms with Gasteiger partial charge in [0, 0.05) is 37.7 Å². The Hall–Kier alpha value is -4.59. The number of carbonyl (C=O) groups is 2. The Morgan fingerprint density at radius 3 is 2.30 bits per heavy atom. The minimum absolute atomic E-state index is 0.0524. The van der Waals surface area contributed by atoms with E-state index >= 15 is 0 Å². The number of nitrogens with one attached hydrogen (secondary N) is 1. The third kappa shape index (κ3) is 9.37. The third-order valence-electron chi connectivity index (χ3n) is 10.4. The Morgan fingerprint density at radius 1 is 0.907 bits per heavy atom. The normalized spacial score (nSPS) is 21.5. The predicted octanol–water partition coefficient (Wildman–Crippen LogP) is 6.61. The fraction of sp³-hybridized carbons (Fsp3) is 0.381. The molecule has 2 amide bonds. The first-order valence-electron chi connectivity index (χ1n) is 18.2. The van der Waals surface area contributed by atoms with Crippen molar-refractivity contribution >= 4 is 11.8 Å². The number of rotatable bonds is 12. The molecule has 6 atom stereocenters. The molecule has 0 aromatic heterocycles. The minimum Gasteiger partial charge on any atom is -0.392 e. The quantitative estimate of drug-likeness (QED) is 0.150. The van der Waals surface area contributed by atoms with Crippen molar-refractivity contribution in [3.05, 3.63) is 131 Å². The summed E-state index contributed by atoms with van der Waals surface area (Å²) in [5.41, 5.74) is 5.97. The molecule has 0 unspecified atom stereocenters. The summed E-state index contributed by atoms with van der Waals surface area (Å²) in [5.74, 6) is -2.60. The second-order valence-corrected chi connectivity index (χ2v) is 14.1. The number of alkyl halides is 3. The number of carbonyl (C=O) groups excluding carboxylic acids is 2. The lowest BCUT2D eigenvalue weighted by Gasteiger charge is -2.39. The molecule has 0 saturated carbocycles. The zero-order valence-electron chi connectivity index (χ0n) is 30.3. The van der Waals surface area contributed by atoms with Crippen molar-refractivity contribution in [2.45, 2.75) is 82.2 Å². The Morgan fingerprint density at radius 2 is 1.61 bits per heavy atom. The van der Waals surface area contributed by atoms with Crippen molar-refractivity contribution in [1.82, 2.24) is 15.1 Å². The van der Waals surface area contributed by atoms with Gasteiger partial charge in [-0.25, -0.2) is 0 Å². The van der Waals surface area contributed by atoms with Crippen LogP contribution in [0.25, 0.3) is 11.1 Å². The molecule has 0 spiro atoms. The maximum atomic E-state index is 13.0. The van der Waals surface area contributed by atoms with E-state index < -0.39 is 36.4 Å². The smallest absolute Gasteiger partial charge is 0.392 e. The molecule has 9 nitrogen and oxygen atoms in total. The van der Waals surface area contributed by atoms with Gasteiger partial charge < -0.3 is 29.9 Å². The van der Waals surface area contributed by atoms with Crippen LogP contribution in [0.3, 0.4) is 0 Å². The standard InChI is InChI=1S/C42H46F3N3O6/c1-27(38(50)32-9-4-3-5-10-32)47(2)25-35-23-37(31-15-13-28(26-49)14-16-31)54-40(53-35)33-19-17-30(18-20-33)34-11-6-8-29(22-34)24-46-39(51)36-12-7-21-48(36)41(52)42(43,44)45/h3-6,8-11,13-20,22,27,35-38,40,49-50H,7,12,21,23-26H2,1-2H3,(H,46,51)/t27-,35-,36+,37+,38-,40+/m1/s1. The minimum atomic E-state index is -5.03. The van der Waals surface area contributed by atoms with E-state index in [9.17, 15) is 33.0 Å². The van der Waals surface area contributed by atoms with E-state index in [1.807, 2.05) is 117 Å². The Labute approximate surface area is 313 Å². The van der Waals surface area contributed by atoms with Crippen molar-refractivity contribution < 1.29 is 42.4 Å². The Balaban J connectivity index is 1.13. The van der Waals surface area contributed by atoms with Crippen LogP contribution < -0.4 is 5.32 Å². The first-order chi connectivity index (χ1) is 25.9. The van der Waals surface area contributed by atoms with E-state index in [0.29, 0.717) is 24.3 Å². The van der Waals surface area contributed by atoms with E-state index in [2.05, 4.69) is 10.2 Å². The van der Waals surface area contributed by atoms with Gasteiger partial charge in [-0.05, 0) is 66.3 Å². The molecule has 2 heterocycles. The molecule has 2 aliphatic rings. The molecule has 2 saturated heterocycles. The van der Waals surface area contributed by atoms with E-state index in [4.69, 9.17) is 9.47 Å². The molecule has 4 aromatic carbocycles. The van der Waals surface area contributed by atoms with Crippen LogP contribution in [-0.4, -0.2) is 76.3 Å². The van der Waals surface area contributed by atoms with Crippen LogP contribution in [0.2, 0.25) is 0 Å². The highest BCUT2D eigenvalue weighted by Gasteiger charge is 2.47. The van der Waals surface area contributed by atoms with Gasteiger partial charge in [-0.1, -0.05) is 97.1 Å². The molecule has 3 N–H and O–H groups in total. The van der Waals surface area contributed by atoms with E-state index in [1.165, 1.54) is 0 Å². The SMILES string of the molecule is C[C@H]([C@@H](O)c1ccccc1)N(C)C[C@H]1C[C@@H](c2ccc(CO)cc2)O[C@@H](c2ccc(-c3cccc(CNC(=O)[C@@H]4CCCN4C(=O)C(F)(F)F)c3)cc2)O1. The molecule has 0 radical (unpaired) electrons. The first-order valence-corrected chi connectivity index (χ1v) is 18.2. The lowest BCUT2D eigenvalue weighted by molar-refractivity contribution is -0.253. The number of amides is 2. The number of benzene rings is 4. The number of likely N-dealkylation sites (tertiary alicyclic amines) is 1. The second-order valence-electron chi connectivity index (χ2n) is 14.1. The Bertz CT molecular complexity index is 1860. The van der Waals surface area contributed by atoms with Gasteiger partial charge in [0.25, 0.3) is 0 Å². The molecule has 286 valence electrons. The lowest BCUT2D eigenvalue weighted by Crippen LogP contribution is -2.50. The average Bonchev–Trinajstić information content (AvgIpc) is 3.69. The van der Waals surface area contributed by atoms with Gasteiger partial charge in [0.2, 0.25) is 5.91 Å². The number of halogens is 3. The number of aliphatic hydroxyl groups excluding tert-OH is 2. The monoisotopic (exact) mass is 745 g/mol. The fourth-order valence-electron chi connectivity index (χ4n) is 7.14. The number of ether oxygens (including phenoxy) is 2. The summed E-state index contributed by atoms with van der Waals surface area (Å²) in [6, 6.07) is 31.2. The number of hydrogen-bond acceptors (Lipinski definition) is 7. The third-order valence-corrected chi connectivity index (χ3v) is 10.4. The molecule has 6 rings (SSSR count). The van der Waals surface area contributed by atoms with Crippen LogP contribution in [0.1, 0.15) is 72.5 Å². The van der Waals surface area contributed by atoms with Crippen LogP contribution >= 0.6 is 0 Å². The van der Waals surface area contributed by atoms with E-state index in [-0.39, 0.29) is 44.4 Å². The second kappa shape index (κ2) is 17.3. The maximum absolute atomic E-state index is 13.0. The van der Waals surface area contributed by atoms with Crippen LogP contribution in [0.15, 0.2) is 103 Å². The van der Waals surface area contributed by atoms with E-state index in [0.717, 1.165) is 38.9 Å². The van der Waals surface area contributed by atoms with Crippen LogP contribution in [0.4, 0.5) is 13.2 Å². The molecule has 0 aliphatic carbocycles. The largest absolute Gasteiger partial charge is 0.471 e. The summed E-state index contributed by atoms with van der Waals surface area (Å²) >= 11 is 0. The summed E-state index contributed by atoms with van der Waals surface area (Å²) in [6.45, 7) is 2.48. The first kappa shape index (κ1) is 39.1. The van der Waals surface area contributed by atoms with Gasteiger partial charge in [0.05, 0.1) is 24.9 Å². The van der Waals surface area contributed by atoms with Gasteiger partial charge >= 0.3 is 12.1 Å². The van der Waals surface area contributed by atoms with Crippen molar-refractivity contribution in [3.63, 3.8) is 0 Å². The van der Waals surface area contributed by atoms with Gasteiger partial charge in [-0.3, -0.25) is 14.5 Å². The van der Waals surface area contributed by atoms with Crippen LogP contribution in [0, 0.1) is 0 Å². The number of nitrogens with zero attached hydrogens (tertiary/aromatic N) is 2. The Kier molecular flexibility index (Phi) is 12.5. The van der Waals surface area contributed by atoms with Crippen molar-refractivity contribution in [2.75, 3.05) is 20.1 Å². The molecular weight excluding hydrogens is 699 g/mol. The highest BCUT2D eigenvalue weighted by molar-refractivity contribution is 5.90. The van der Waals surface area contributed by atoms with Gasteiger partial charge in [0.15, 0.2) is 6.29 Å². The summed E-state index contributed by atoms with van der Waals surface area (Å²) in [6.07, 6.45) is -5.79. The molecule has 54 heavy (non-hydrogen) atoms. The number of aliphatic hydroxyl groups is 2. The summed E-state index contributed by atoms with van der Waals surface area (Å²) in [5, 5.41) is 23.4. The lowest BCUT2D eigenvalue weighted by atomic mass is 9.98. The van der Waals surface area contributed by atoms with Gasteiger partial charge in [-0.2, -0.15) is 13.2 Å². The van der Waals surface area contributed by atoms with Gasteiger partial charge in [-0.15, -0.1) is 0 Å². The maximum Gasteiger partial charge on any atom is 0.471 e. The van der Waals surface area contributed by atoms with Crippen LogP contribution in [0.5, 0.6) is 0 Å². The summed E-state index contributed by atoms with van der Waals surface area (Å²) in [4.78, 5) is 27.4. The highest BCUT2D eigenvalue weighted by atomic mass is 19.4. The topological polar surface area (TPSA) is 112 Å². The molecule has 0 bridgehead atoms. The zero-order chi connectivity index (χ0) is 38.4.